The Hall–Kier alpha value is -1.62. The van der Waals surface area contributed by atoms with Gasteiger partial charge in [-0.05, 0) is 57.5 Å². The van der Waals surface area contributed by atoms with E-state index in [9.17, 15) is 4.39 Å². The Kier molecular flexibility index (Phi) is 6.65. The number of benzene rings is 1. The average molecular weight is 306 g/mol. The predicted molar refractivity (Wildman–Crippen MR) is 89.7 cm³/mol. The van der Waals surface area contributed by atoms with Crippen LogP contribution < -0.4 is 10.6 Å². The third-order valence-corrected chi connectivity index (χ3v) is 4.07. The first-order valence-corrected chi connectivity index (χ1v) is 8.16. The van der Waals surface area contributed by atoms with E-state index < -0.39 is 0 Å². The highest BCUT2D eigenvalue weighted by Gasteiger charge is 2.20. The van der Waals surface area contributed by atoms with Crippen molar-refractivity contribution in [3.8, 4) is 0 Å². The summed E-state index contributed by atoms with van der Waals surface area (Å²) in [4.78, 5) is 7.05. The van der Waals surface area contributed by atoms with Gasteiger partial charge in [-0.1, -0.05) is 12.1 Å². The number of halogens is 1. The van der Waals surface area contributed by atoms with Crippen molar-refractivity contribution in [2.24, 2.45) is 4.99 Å². The summed E-state index contributed by atoms with van der Waals surface area (Å²) in [6, 6.07) is 7.31. The van der Waals surface area contributed by atoms with Crippen LogP contribution in [0.5, 0.6) is 0 Å². The Morgan fingerprint density at radius 1 is 1.41 bits per heavy atom. The Labute approximate surface area is 132 Å². The molecule has 2 rings (SSSR count). The van der Waals surface area contributed by atoms with Gasteiger partial charge < -0.3 is 15.5 Å². The second-order valence-corrected chi connectivity index (χ2v) is 5.80. The lowest BCUT2D eigenvalue weighted by Crippen LogP contribution is -2.39. The van der Waals surface area contributed by atoms with Crippen molar-refractivity contribution >= 4 is 5.96 Å². The first kappa shape index (κ1) is 16.7. The van der Waals surface area contributed by atoms with Crippen LogP contribution in [0.1, 0.15) is 25.3 Å². The normalized spacial score (nSPS) is 19.4. The minimum absolute atomic E-state index is 0.178. The fraction of sp³-hybridized carbons (Fsp3) is 0.588. The number of hydrogen-bond donors (Lipinski definition) is 2. The molecule has 1 aliphatic rings. The molecular formula is C17H27FN4. The van der Waals surface area contributed by atoms with Crippen LogP contribution in [0.2, 0.25) is 0 Å². The Morgan fingerprint density at radius 3 is 2.95 bits per heavy atom. The number of likely N-dealkylation sites (tertiary alicyclic amines) is 1. The van der Waals surface area contributed by atoms with Crippen molar-refractivity contribution in [2.45, 2.75) is 32.2 Å². The molecule has 22 heavy (non-hydrogen) atoms. The molecule has 1 aliphatic heterocycles. The summed E-state index contributed by atoms with van der Waals surface area (Å²) in [5.41, 5.74) is 0.999. The zero-order chi connectivity index (χ0) is 15.8. The van der Waals surface area contributed by atoms with Crippen molar-refractivity contribution in [1.29, 1.82) is 0 Å². The Bertz CT molecular complexity index is 489. The van der Waals surface area contributed by atoms with Gasteiger partial charge in [-0.15, -0.1) is 0 Å². The lowest BCUT2D eigenvalue weighted by Gasteiger charge is -2.18. The van der Waals surface area contributed by atoms with E-state index in [1.54, 1.807) is 12.1 Å². The smallest absolute Gasteiger partial charge is 0.191 e. The highest BCUT2D eigenvalue weighted by Crippen LogP contribution is 2.14. The highest BCUT2D eigenvalue weighted by molar-refractivity contribution is 5.79. The molecule has 1 aromatic rings. The highest BCUT2D eigenvalue weighted by atomic mass is 19.1. The standard InChI is InChI=1S/C17H27FN4/c1-3-19-17(21-13-16-8-5-11-22(16)2)20-10-9-14-6-4-7-15(18)12-14/h4,6-7,12,16H,3,5,8-11,13H2,1-2H3,(H2,19,20,21). The van der Waals surface area contributed by atoms with Crippen LogP contribution in [0.25, 0.3) is 0 Å². The molecule has 5 heteroatoms. The van der Waals surface area contributed by atoms with Crippen LogP contribution in [0.15, 0.2) is 29.3 Å². The van der Waals surface area contributed by atoms with E-state index in [0.717, 1.165) is 37.6 Å². The monoisotopic (exact) mass is 306 g/mol. The molecule has 1 aromatic carbocycles. The number of nitrogens with one attached hydrogen (secondary N) is 2. The summed E-state index contributed by atoms with van der Waals surface area (Å²) in [6.45, 7) is 5.64. The van der Waals surface area contributed by atoms with Crippen LogP contribution in [-0.4, -0.2) is 50.1 Å². The number of rotatable bonds is 6. The molecule has 2 N–H and O–H groups in total. The van der Waals surface area contributed by atoms with Crippen LogP contribution in [0.4, 0.5) is 4.39 Å². The third-order valence-electron chi connectivity index (χ3n) is 4.07. The van der Waals surface area contributed by atoms with Crippen LogP contribution >= 0.6 is 0 Å². The lowest BCUT2D eigenvalue weighted by atomic mass is 10.1. The van der Waals surface area contributed by atoms with E-state index in [2.05, 4.69) is 34.5 Å². The van der Waals surface area contributed by atoms with Crippen molar-refractivity contribution in [1.82, 2.24) is 15.5 Å². The zero-order valence-corrected chi connectivity index (χ0v) is 13.6. The van der Waals surface area contributed by atoms with Gasteiger partial charge in [0.1, 0.15) is 5.82 Å². The summed E-state index contributed by atoms with van der Waals surface area (Å²) >= 11 is 0. The fourth-order valence-electron chi connectivity index (χ4n) is 2.77. The van der Waals surface area contributed by atoms with E-state index in [4.69, 9.17) is 0 Å². The summed E-state index contributed by atoms with van der Waals surface area (Å²) in [7, 11) is 2.16. The second kappa shape index (κ2) is 8.73. The van der Waals surface area contributed by atoms with Crippen molar-refractivity contribution in [2.75, 3.05) is 33.2 Å². The van der Waals surface area contributed by atoms with E-state index in [0.29, 0.717) is 6.04 Å². The first-order chi connectivity index (χ1) is 10.7. The quantitative estimate of drug-likeness (QED) is 0.624. The Balaban J connectivity index is 1.80. The molecule has 0 saturated carbocycles. The fourth-order valence-corrected chi connectivity index (χ4v) is 2.77. The maximum Gasteiger partial charge on any atom is 0.191 e. The van der Waals surface area contributed by atoms with Gasteiger partial charge in [0.05, 0.1) is 6.54 Å². The van der Waals surface area contributed by atoms with Gasteiger partial charge >= 0.3 is 0 Å². The Morgan fingerprint density at radius 2 is 2.27 bits per heavy atom. The van der Waals surface area contributed by atoms with Crippen molar-refractivity contribution in [3.63, 3.8) is 0 Å². The van der Waals surface area contributed by atoms with Gasteiger partial charge in [-0.3, -0.25) is 4.99 Å². The minimum Gasteiger partial charge on any atom is -0.357 e. The summed E-state index contributed by atoms with van der Waals surface area (Å²) in [6.07, 6.45) is 3.27. The number of nitrogens with zero attached hydrogens (tertiary/aromatic N) is 2. The zero-order valence-electron chi connectivity index (χ0n) is 13.6. The van der Waals surface area contributed by atoms with Gasteiger partial charge in [-0.2, -0.15) is 0 Å². The van der Waals surface area contributed by atoms with Gasteiger partial charge in [0.2, 0.25) is 0 Å². The van der Waals surface area contributed by atoms with Crippen LogP contribution in [0, 0.1) is 5.82 Å². The van der Waals surface area contributed by atoms with Gasteiger partial charge in [-0.25, -0.2) is 4.39 Å². The van der Waals surface area contributed by atoms with Gasteiger partial charge in [0.15, 0.2) is 5.96 Å². The molecule has 1 atom stereocenters. The third kappa shape index (κ3) is 5.30. The molecule has 1 fully saturated rings. The average Bonchev–Trinajstić information content (AvgIpc) is 2.90. The van der Waals surface area contributed by atoms with Crippen molar-refractivity contribution in [3.05, 3.63) is 35.6 Å². The summed E-state index contributed by atoms with van der Waals surface area (Å²) < 4.78 is 13.1. The molecule has 1 saturated heterocycles. The SMILES string of the molecule is CCNC(=NCC1CCCN1C)NCCc1cccc(F)c1. The largest absolute Gasteiger partial charge is 0.357 e. The predicted octanol–water partition coefficient (Wildman–Crippen LogP) is 2.02. The molecule has 0 amide bonds. The van der Waals surface area contributed by atoms with Gasteiger partial charge in [0.25, 0.3) is 0 Å². The van der Waals surface area contributed by atoms with Gasteiger partial charge in [0, 0.05) is 19.1 Å². The molecule has 0 aliphatic carbocycles. The maximum absolute atomic E-state index is 13.1. The molecular weight excluding hydrogens is 279 g/mol. The number of likely N-dealkylation sites (N-methyl/N-ethyl adjacent to an activating group) is 1. The van der Waals surface area contributed by atoms with Crippen LogP contribution in [-0.2, 0) is 6.42 Å². The second-order valence-electron chi connectivity index (χ2n) is 5.80. The molecule has 0 bridgehead atoms. The molecule has 4 nitrogen and oxygen atoms in total. The number of guanidine groups is 1. The molecule has 0 aromatic heterocycles. The lowest BCUT2D eigenvalue weighted by molar-refractivity contribution is 0.317. The van der Waals surface area contributed by atoms with E-state index in [1.807, 2.05) is 6.07 Å². The number of aliphatic imine (C=N–C) groups is 1. The summed E-state index contributed by atoms with van der Waals surface area (Å²) in [5, 5.41) is 6.59. The molecule has 0 spiro atoms. The molecule has 1 unspecified atom stereocenters. The summed E-state index contributed by atoms with van der Waals surface area (Å²) in [5.74, 6) is 0.668. The number of hydrogen-bond acceptors (Lipinski definition) is 2. The van der Waals surface area contributed by atoms with E-state index >= 15 is 0 Å². The minimum atomic E-state index is -0.178. The molecule has 1 heterocycles. The maximum atomic E-state index is 13.1. The topological polar surface area (TPSA) is 39.7 Å². The van der Waals surface area contributed by atoms with Crippen LogP contribution in [0.3, 0.4) is 0 Å². The molecule has 122 valence electrons. The van der Waals surface area contributed by atoms with Crippen molar-refractivity contribution < 1.29 is 4.39 Å². The first-order valence-electron chi connectivity index (χ1n) is 8.16. The van der Waals surface area contributed by atoms with E-state index in [1.165, 1.54) is 25.5 Å². The molecule has 0 radical (unpaired) electrons. The van der Waals surface area contributed by atoms with E-state index in [-0.39, 0.29) is 5.82 Å².